The first-order valence-corrected chi connectivity index (χ1v) is 14.7. The Hall–Kier alpha value is -5.78. The number of nitrogens with zero attached hydrogens (tertiary/aromatic N) is 4. The van der Waals surface area contributed by atoms with E-state index < -0.39 is 0 Å². The summed E-state index contributed by atoms with van der Waals surface area (Å²) in [5.74, 6) is 1.02. The van der Waals surface area contributed by atoms with Gasteiger partial charge in [0.2, 0.25) is 11.9 Å². The molecule has 234 valence electrons. The molecule has 0 aliphatic carbocycles. The molecule has 10 N–H and O–H groups in total. The molecule has 5 aromatic rings. The molecule has 0 aliphatic heterocycles. The van der Waals surface area contributed by atoms with Crippen molar-refractivity contribution in [1.82, 2.24) is 20.8 Å². The Balaban J connectivity index is 0.000000207. The van der Waals surface area contributed by atoms with Crippen molar-refractivity contribution in [3.8, 4) is 11.5 Å². The van der Waals surface area contributed by atoms with Crippen LogP contribution in [0.3, 0.4) is 0 Å². The molecule has 0 unspecified atom stereocenters. The van der Waals surface area contributed by atoms with Crippen LogP contribution < -0.4 is 22.3 Å². The Morgan fingerprint density at radius 2 is 1.27 bits per heavy atom. The normalized spacial score (nSPS) is 12.2. The number of nitrogens with one attached hydrogen (secondary N) is 4. The highest BCUT2D eigenvalue weighted by atomic mass is 16.3. The first kappa shape index (κ1) is 32.1. The Morgan fingerprint density at radius 1 is 0.733 bits per heavy atom. The standard InChI is InChI=1S/C18H19N5O.C15H21N5O/c19-18(20-9-8-13-4-2-1-3-5-13)23-22-12-14-11-21-17-7-6-15(24)10-16(14)17;1-2-3-4-7-17-15(16)20-19-10-11-9-18-14-6-5-12(21)8-13(11)14/h1-7,10-12,21,24H,8-9H2,(H3,19,20,23);5-6,8-10,18,21H,2-4,7H2,1H3,(H3,16,17,20)/b22-12-;19-10-. The van der Waals surface area contributed by atoms with Gasteiger partial charge in [0.05, 0.1) is 12.4 Å². The molecule has 2 aromatic heterocycles. The zero-order valence-corrected chi connectivity index (χ0v) is 25.2. The molecule has 45 heavy (non-hydrogen) atoms. The van der Waals surface area contributed by atoms with Gasteiger partial charge in [-0.05, 0) is 54.8 Å². The van der Waals surface area contributed by atoms with E-state index >= 15 is 0 Å². The van der Waals surface area contributed by atoms with Crippen LogP contribution in [0.25, 0.3) is 21.8 Å². The van der Waals surface area contributed by atoms with E-state index in [0.29, 0.717) is 19.0 Å². The maximum atomic E-state index is 9.56. The van der Waals surface area contributed by atoms with Crippen LogP contribution in [0.5, 0.6) is 11.5 Å². The molecule has 0 saturated heterocycles. The van der Waals surface area contributed by atoms with Gasteiger partial charge in [0.1, 0.15) is 11.5 Å². The number of unbranched alkanes of at least 4 members (excludes halogenated alkanes) is 2. The van der Waals surface area contributed by atoms with Gasteiger partial charge < -0.3 is 31.6 Å². The molecule has 0 amide bonds. The SMILES string of the molecule is CCCCCN=C(N)N/N=C\c1c[nH]c2ccc(O)cc12.NC(=NCCc1ccccc1)N/N=C\c1c[nH]c2ccc(O)cc12. The Labute approximate surface area is 261 Å². The first-order chi connectivity index (χ1) is 21.9. The zero-order valence-electron chi connectivity index (χ0n) is 25.2. The predicted molar refractivity (Wildman–Crippen MR) is 184 cm³/mol. The quantitative estimate of drug-likeness (QED) is 0.0464. The number of hydrogen-bond donors (Lipinski definition) is 8. The van der Waals surface area contributed by atoms with Crippen molar-refractivity contribution in [1.29, 1.82) is 0 Å². The number of H-pyrrole nitrogens is 2. The molecule has 0 fully saturated rings. The average Bonchev–Trinajstić information content (AvgIpc) is 3.63. The van der Waals surface area contributed by atoms with E-state index in [-0.39, 0.29) is 17.5 Å². The van der Waals surface area contributed by atoms with Crippen LogP contribution in [0.4, 0.5) is 0 Å². The van der Waals surface area contributed by atoms with Gasteiger partial charge in [0.25, 0.3) is 0 Å². The van der Waals surface area contributed by atoms with Gasteiger partial charge in [-0.2, -0.15) is 10.2 Å². The van der Waals surface area contributed by atoms with Gasteiger partial charge in [-0.1, -0.05) is 50.1 Å². The number of aromatic hydroxyl groups is 2. The molecule has 0 saturated carbocycles. The van der Waals surface area contributed by atoms with Gasteiger partial charge in [-0.3, -0.25) is 9.98 Å². The number of aliphatic imine (C=N–C) groups is 2. The molecular weight excluding hydrogens is 568 g/mol. The van der Waals surface area contributed by atoms with Crippen molar-refractivity contribution >= 4 is 46.2 Å². The fourth-order valence-electron chi connectivity index (χ4n) is 4.39. The highest BCUT2D eigenvalue weighted by Gasteiger charge is 2.03. The van der Waals surface area contributed by atoms with E-state index in [1.807, 2.05) is 42.7 Å². The smallest absolute Gasteiger partial charge is 0.209 e. The summed E-state index contributed by atoms with van der Waals surface area (Å²) >= 11 is 0. The molecule has 0 radical (unpaired) electrons. The van der Waals surface area contributed by atoms with Crippen LogP contribution in [-0.2, 0) is 6.42 Å². The minimum atomic E-state index is 0.215. The summed E-state index contributed by atoms with van der Waals surface area (Å²) in [5, 5.41) is 29.0. The number of nitrogens with two attached hydrogens (primary N) is 2. The van der Waals surface area contributed by atoms with E-state index in [4.69, 9.17) is 11.5 Å². The Bertz CT molecular complexity index is 1770. The zero-order chi connectivity index (χ0) is 31.9. The molecule has 12 nitrogen and oxygen atoms in total. The second-order valence-corrected chi connectivity index (χ2v) is 10.2. The van der Waals surface area contributed by atoms with Gasteiger partial charge in [0.15, 0.2) is 0 Å². The number of benzene rings is 3. The van der Waals surface area contributed by atoms with E-state index in [0.717, 1.165) is 58.6 Å². The van der Waals surface area contributed by atoms with Gasteiger partial charge in [0, 0.05) is 58.4 Å². The topological polar surface area (TPSA) is 198 Å². The average molecular weight is 609 g/mol. The summed E-state index contributed by atoms with van der Waals surface area (Å²) in [6.45, 7) is 3.46. The summed E-state index contributed by atoms with van der Waals surface area (Å²) in [6, 6.07) is 20.4. The van der Waals surface area contributed by atoms with E-state index in [1.54, 1.807) is 36.7 Å². The molecule has 0 atom stereocenters. The van der Waals surface area contributed by atoms with E-state index in [9.17, 15) is 10.2 Å². The van der Waals surface area contributed by atoms with Crippen molar-refractivity contribution in [2.24, 2.45) is 31.7 Å². The summed E-state index contributed by atoms with van der Waals surface area (Å²) < 4.78 is 0. The summed E-state index contributed by atoms with van der Waals surface area (Å²) in [7, 11) is 0. The highest BCUT2D eigenvalue weighted by Crippen LogP contribution is 2.22. The van der Waals surface area contributed by atoms with Gasteiger partial charge >= 0.3 is 0 Å². The van der Waals surface area contributed by atoms with Crippen molar-refractivity contribution in [3.63, 3.8) is 0 Å². The van der Waals surface area contributed by atoms with Gasteiger partial charge in [-0.15, -0.1) is 0 Å². The molecule has 3 aromatic carbocycles. The highest BCUT2D eigenvalue weighted by molar-refractivity contribution is 6.00. The lowest BCUT2D eigenvalue weighted by atomic mass is 10.2. The fraction of sp³-hybridized carbons (Fsp3) is 0.212. The van der Waals surface area contributed by atoms with E-state index in [1.165, 1.54) is 5.56 Å². The Kier molecular flexibility index (Phi) is 12.0. The molecule has 0 spiro atoms. The van der Waals surface area contributed by atoms with Crippen LogP contribution in [0.15, 0.2) is 99.3 Å². The molecule has 2 heterocycles. The third-order valence-electron chi connectivity index (χ3n) is 6.73. The second-order valence-electron chi connectivity index (χ2n) is 10.2. The van der Waals surface area contributed by atoms with Crippen LogP contribution in [0, 0.1) is 0 Å². The first-order valence-electron chi connectivity index (χ1n) is 14.7. The predicted octanol–water partition coefficient (Wildman–Crippen LogP) is 4.66. The number of hydrazone groups is 2. The number of phenolic OH excluding ortho intramolecular Hbond substituents is 2. The Morgan fingerprint density at radius 3 is 1.80 bits per heavy atom. The van der Waals surface area contributed by atoms with Crippen molar-refractivity contribution in [2.75, 3.05) is 13.1 Å². The lowest BCUT2D eigenvalue weighted by molar-refractivity contribution is 0.475. The van der Waals surface area contributed by atoms with Crippen molar-refractivity contribution < 1.29 is 10.2 Å². The maximum absolute atomic E-state index is 9.56. The second kappa shape index (κ2) is 16.8. The van der Waals surface area contributed by atoms with Gasteiger partial charge in [-0.25, -0.2) is 10.9 Å². The minimum Gasteiger partial charge on any atom is -0.508 e. The molecule has 5 rings (SSSR count). The van der Waals surface area contributed by atoms with Crippen LogP contribution in [-0.4, -0.2) is 57.6 Å². The number of aromatic nitrogens is 2. The van der Waals surface area contributed by atoms with Crippen LogP contribution >= 0.6 is 0 Å². The summed E-state index contributed by atoms with van der Waals surface area (Å²) in [6.07, 6.45) is 11.1. The minimum absolute atomic E-state index is 0.215. The monoisotopic (exact) mass is 608 g/mol. The number of phenols is 2. The number of rotatable bonds is 11. The van der Waals surface area contributed by atoms with Crippen molar-refractivity contribution in [3.05, 3.63) is 95.8 Å². The van der Waals surface area contributed by atoms with Crippen LogP contribution in [0.2, 0.25) is 0 Å². The molecule has 12 heteroatoms. The fourth-order valence-corrected chi connectivity index (χ4v) is 4.39. The molecule has 0 bridgehead atoms. The number of fused-ring (bicyclic) bond motifs is 2. The maximum Gasteiger partial charge on any atom is 0.209 e. The molecular formula is C33H40N10O2. The number of guanidine groups is 2. The molecule has 0 aliphatic rings. The largest absolute Gasteiger partial charge is 0.508 e. The van der Waals surface area contributed by atoms with Crippen molar-refractivity contribution in [2.45, 2.75) is 32.6 Å². The summed E-state index contributed by atoms with van der Waals surface area (Å²) in [5.41, 5.74) is 21.7. The third kappa shape index (κ3) is 10.2. The summed E-state index contributed by atoms with van der Waals surface area (Å²) in [4.78, 5) is 14.6. The lowest BCUT2D eigenvalue weighted by Crippen LogP contribution is -2.27. The van der Waals surface area contributed by atoms with E-state index in [2.05, 4.69) is 60.1 Å². The lowest BCUT2D eigenvalue weighted by Gasteiger charge is -2.00. The third-order valence-corrected chi connectivity index (χ3v) is 6.73. The van der Waals surface area contributed by atoms with Crippen LogP contribution in [0.1, 0.15) is 42.9 Å². The number of hydrogen-bond acceptors (Lipinski definition) is 6. The number of aromatic amines is 2.